The minimum absolute atomic E-state index is 0.190. The van der Waals surface area contributed by atoms with Gasteiger partial charge in [-0.25, -0.2) is 9.67 Å². The normalized spacial score (nSPS) is 11.9. The van der Waals surface area contributed by atoms with Crippen molar-refractivity contribution in [3.05, 3.63) is 53.3 Å². The number of anilines is 1. The molecule has 0 saturated carbocycles. The van der Waals surface area contributed by atoms with E-state index >= 15 is 0 Å². The highest BCUT2D eigenvalue weighted by molar-refractivity contribution is 7.15. The second kappa shape index (κ2) is 7.22. The highest BCUT2D eigenvalue weighted by Gasteiger charge is 2.18. The lowest BCUT2D eigenvalue weighted by Crippen LogP contribution is -2.24. The number of rotatable bonds is 6. The Labute approximate surface area is 143 Å². The van der Waals surface area contributed by atoms with Gasteiger partial charge in [-0.05, 0) is 26.0 Å². The van der Waals surface area contributed by atoms with E-state index in [-0.39, 0.29) is 5.91 Å². The number of carbonyl (C=O) groups excluding carboxylic acids is 1. The third-order valence-electron chi connectivity index (χ3n) is 3.32. The molecule has 8 heteroatoms. The van der Waals surface area contributed by atoms with Crippen molar-refractivity contribution in [2.45, 2.75) is 26.5 Å². The van der Waals surface area contributed by atoms with E-state index < -0.39 is 6.04 Å². The van der Waals surface area contributed by atoms with Gasteiger partial charge in [0.1, 0.15) is 24.1 Å². The zero-order chi connectivity index (χ0) is 16.9. The Hall–Kier alpha value is -2.74. The smallest absolute Gasteiger partial charge is 0.250 e. The molecule has 1 amide bonds. The number of aromatic nitrogens is 4. The predicted molar refractivity (Wildman–Crippen MR) is 91.0 cm³/mol. The number of amides is 1. The lowest BCUT2D eigenvalue weighted by molar-refractivity contribution is -0.119. The number of nitrogens with zero attached hydrogens (tertiary/aromatic N) is 4. The lowest BCUT2D eigenvalue weighted by atomic mass is 10.3. The molecule has 2 aromatic heterocycles. The van der Waals surface area contributed by atoms with Crippen molar-refractivity contribution in [1.29, 1.82) is 0 Å². The average molecular weight is 343 g/mol. The van der Waals surface area contributed by atoms with Crippen LogP contribution in [0.4, 0.5) is 5.13 Å². The molecule has 0 aliphatic heterocycles. The third-order valence-corrected chi connectivity index (χ3v) is 4.14. The van der Waals surface area contributed by atoms with Crippen LogP contribution >= 0.6 is 11.3 Å². The van der Waals surface area contributed by atoms with E-state index in [0.717, 1.165) is 10.6 Å². The largest absolute Gasteiger partial charge is 0.487 e. The minimum Gasteiger partial charge on any atom is -0.487 e. The van der Waals surface area contributed by atoms with Gasteiger partial charge in [-0.3, -0.25) is 4.79 Å². The van der Waals surface area contributed by atoms with Crippen LogP contribution in [-0.4, -0.2) is 25.9 Å². The molecule has 124 valence electrons. The first-order chi connectivity index (χ1) is 11.6. The van der Waals surface area contributed by atoms with Crippen molar-refractivity contribution in [2.24, 2.45) is 0 Å². The number of carbonyl (C=O) groups is 1. The van der Waals surface area contributed by atoms with Crippen molar-refractivity contribution in [3.8, 4) is 5.75 Å². The van der Waals surface area contributed by atoms with Gasteiger partial charge >= 0.3 is 0 Å². The van der Waals surface area contributed by atoms with Crippen LogP contribution in [0.25, 0.3) is 0 Å². The number of ether oxygens (including phenoxy) is 1. The van der Waals surface area contributed by atoms with Gasteiger partial charge in [0.25, 0.3) is 5.91 Å². The second-order valence-electron chi connectivity index (χ2n) is 5.23. The van der Waals surface area contributed by atoms with E-state index in [9.17, 15) is 4.79 Å². The Morgan fingerprint density at radius 2 is 2.17 bits per heavy atom. The van der Waals surface area contributed by atoms with Crippen LogP contribution in [0.1, 0.15) is 23.5 Å². The molecule has 0 aliphatic rings. The number of thiazole rings is 1. The van der Waals surface area contributed by atoms with E-state index in [2.05, 4.69) is 20.6 Å². The van der Waals surface area contributed by atoms with E-state index in [1.807, 2.05) is 37.3 Å². The van der Waals surface area contributed by atoms with Crippen molar-refractivity contribution in [1.82, 2.24) is 20.0 Å². The standard InChI is InChI=1S/C16H17N5O2S/c1-11-8-17-16(24-11)18-15(22)12(2)21-9-13(19-20-21)10-23-14-6-4-3-5-7-14/h3-9,12H,10H2,1-2H3,(H,17,18,22)/t12-/m0/s1. The molecule has 0 radical (unpaired) electrons. The molecular formula is C16H17N5O2S. The minimum atomic E-state index is -0.493. The number of benzene rings is 1. The zero-order valence-electron chi connectivity index (χ0n) is 13.3. The fourth-order valence-corrected chi connectivity index (χ4v) is 2.65. The van der Waals surface area contributed by atoms with Gasteiger partial charge in [-0.1, -0.05) is 23.4 Å². The van der Waals surface area contributed by atoms with Crippen molar-refractivity contribution >= 4 is 22.4 Å². The Kier molecular flexibility index (Phi) is 4.85. The van der Waals surface area contributed by atoms with Crippen molar-refractivity contribution in [2.75, 3.05) is 5.32 Å². The summed E-state index contributed by atoms with van der Waals surface area (Å²) in [5.74, 6) is 0.571. The molecule has 1 N–H and O–H groups in total. The quantitative estimate of drug-likeness (QED) is 0.744. The highest BCUT2D eigenvalue weighted by atomic mass is 32.1. The molecule has 0 bridgehead atoms. The molecule has 1 aromatic carbocycles. The van der Waals surface area contributed by atoms with Gasteiger partial charge in [0, 0.05) is 11.1 Å². The molecule has 0 spiro atoms. The Morgan fingerprint density at radius 3 is 2.88 bits per heavy atom. The van der Waals surface area contributed by atoms with Crippen LogP contribution in [0.15, 0.2) is 42.7 Å². The summed E-state index contributed by atoms with van der Waals surface area (Å²) in [4.78, 5) is 17.4. The van der Waals surface area contributed by atoms with Gasteiger partial charge in [-0.2, -0.15) is 0 Å². The summed E-state index contributed by atoms with van der Waals surface area (Å²) in [7, 11) is 0. The molecular weight excluding hydrogens is 326 g/mol. The van der Waals surface area contributed by atoms with E-state index in [1.54, 1.807) is 19.3 Å². The number of hydrogen-bond donors (Lipinski definition) is 1. The van der Waals surface area contributed by atoms with Gasteiger partial charge in [0.05, 0.1) is 6.20 Å². The first-order valence-electron chi connectivity index (χ1n) is 7.43. The maximum atomic E-state index is 12.2. The summed E-state index contributed by atoms with van der Waals surface area (Å²) >= 11 is 1.43. The molecule has 3 rings (SSSR count). The van der Waals surface area contributed by atoms with Crippen molar-refractivity contribution in [3.63, 3.8) is 0 Å². The maximum Gasteiger partial charge on any atom is 0.250 e. The fraction of sp³-hybridized carbons (Fsp3) is 0.250. The van der Waals surface area contributed by atoms with Gasteiger partial charge in [0.15, 0.2) is 5.13 Å². The van der Waals surface area contributed by atoms with E-state index in [1.165, 1.54) is 16.0 Å². The summed E-state index contributed by atoms with van der Waals surface area (Å²) in [6.07, 6.45) is 3.43. The van der Waals surface area contributed by atoms with Gasteiger partial charge in [0.2, 0.25) is 0 Å². The Bertz CT molecular complexity index is 815. The summed E-state index contributed by atoms with van der Waals surface area (Å²) in [5.41, 5.74) is 0.656. The SMILES string of the molecule is Cc1cnc(NC(=O)[C@H](C)n2cc(COc3ccccc3)nn2)s1. The summed E-state index contributed by atoms with van der Waals surface area (Å²) < 4.78 is 7.13. The number of aryl methyl sites for hydroxylation is 1. The van der Waals surface area contributed by atoms with Crippen LogP contribution in [-0.2, 0) is 11.4 Å². The lowest BCUT2D eigenvalue weighted by Gasteiger charge is -2.10. The van der Waals surface area contributed by atoms with Gasteiger partial charge in [-0.15, -0.1) is 16.4 Å². The average Bonchev–Trinajstić information content (AvgIpc) is 3.22. The molecule has 1 atom stereocenters. The number of nitrogens with one attached hydrogen (secondary N) is 1. The molecule has 0 aliphatic carbocycles. The molecule has 0 unspecified atom stereocenters. The van der Waals surface area contributed by atoms with Crippen LogP contribution in [0.3, 0.4) is 0 Å². The van der Waals surface area contributed by atoms with Crippen LogP contribution in [0.2, 0.25) is 0 Å². The number of para-hydroxylation sites is 1. The van der Waals surface area contributed by atoms with E-state index in [4.69, 9.17) is 4.74 Å². The molecule has 3 aromatic rings. The summed E-state index contributed by atoms with van der Waals surface area (Å²) in [5, 5.41) is 11.4. The molecule has 0 fully saturated rings. The van der Waals surface area contributed by atoms with E-state index in [0.29, 0.717) is 17.4 Å². The third kappa shape index (κ3) is 3.96. The second-order valence-corrected chi connectivity index (χ2v) is 6.47. The van der Waals surface area contributed by atoms with Crippen molar-refractivity contribution < 1.29 is 9.53 Å². The predicted octanol–water partition coefficient (Wildman–Crippen LogP) is 2.82. The first kappa shape index (κ1) is 16.1. The van der Waals surface area contributed by atoms with Gasteiger partial charge < -0.3 is 10.1 Å². The monoisotopic (exact) mass is 343 g/mol. The summed E-state index contributed by atoms with van der Waals surface area (Å²) in [6.45, 7) is 3.99. The van der Waals surface area contributed by atoms with Crippen LogP contribution < -0.4 is 10.1 Å². The topological polar surface area (TPSA) is 81.9 Å². The molecule has 2 heterocycles. The molecule has 0 saturated heterocycles. The van der Waals surface area contributed by atoms with Crippen LogP contribution in [0, 0.1) is 6.92 Å². The Morgan fingerprint density at radius 1 is 1.38 bits per heavy atom. The Balaban J connectivity index is 1.58. The fourth-order valence-electron chi connectivity index (χ4n) is 1.99. The van der Waals surface area contributed by atoms with Crippen LogP contribution in [0.5, 0.6) is 5.75 Å². The molecule has 24 heavy (non-hydrogen) atoms. The zero-order valence-corrected chi connectivity index (χ0v) is 14.2. The first-order valence-corrected chi connectivity index (χ1v) is 8.25. The maximum absolute atomic E-state index is 12.2. The summed E-state index contributed by atoms with van der Waals surface area (Å²) in [6, 6.07) is 8.98. The molecule has 7 nitrogen and oxygen atoms in total. The number of hydrogen-bond acceptors (Lipinski definition) is 6. The highest BCUT2D eigenvalue weighted by Crippen LogP contribution is 2.18.